The van der Waals surface area contributed by atoms with Crippen molar-refractivity contribution in [2.75, 3.05) is 11.4 Å². The summed E-state index contributed by atoms with van der Waals surface area (Å²) in [5.41, 5.74) is 3.66. The average molecular weight is 327 g/mol. The number of nitrogens with zero attached hydrogens (tertiary/aromatic N) is 1. The first-order chi connectivity index (χ1) is 12.3. The fraction of sp³-hybridized carbons (Fsp3) is 0.136. The van der Waals surface area contributed by atoms with Crippen LogP contribution < -0.4 is 9.64 Å². The van der Waals surface area contributed by atoms with E-state index in [9.17, 15) is 4.79 Å². The Kier molecular flexibility index (Phi) is 2.98. The molecule has 0 spiro atoms. The number of benzene rings is 3. The lowest BCUT2D eigenvalue weighted by molar-refractivity contribution is 0.103. The van der Waals surface area contributed by atoms with Gasteiger partial charge in [-0.2, -0.15) is 0 Å². The summed E-state index contributed by atoms with van der Waals surface area (Å²) in [7, 11) is 0. The molecule has 0 unspecified atom stereocenters. The van der Waals surface area contributed by atoms with Crippen molar-refractivity contribution in [1.82, 2.24) is 0 Å². The summed E-state index contributed by atoms with van der Waals surface area (Å²) < 4.78 is 6.29. The van der Waals surface area contributed by atoms with Gasteiger partial charge in [-0.25, -0.2) is 0 Å². The van der Waals surface area contributed by atoms with Crippen molar-refractivity contribution in [2.45, 2.75) is 13.3 Å². The lowest BCUT2D eigenvalue weighted by Gasteiger charge is -2.17. The van der Waals surface area contributed by atoms with Crippen molar-refractivity contribution >= 4 is 22.2 Å². The van der Waals surface area contributed by atoms with Gasteiger partial charge in [0.1, 0.15) is 0 Å². The number of carbonyl (C=O) groups is 1. The van der Waals surface area contributed by atoms with E-state index in [1.165, 1.54) is 0 Å². The Morgan fingerprint density at radius 3 is 2.64 bits per heavy atom. The molecular formula is C22H17NO2. The lowest BCUT2D eigenvalue weighted by atomic mass is 10.1. The summed E-state index contributed by atoms with van der Waals surface area (Å²) in [6, 6.07) is 20.2. The van der Waals surface area contributed by atoms with Crippen LogP contribution in [0.1, 0.15) is 22.8 Å². The first kappa shape index (κ1) is 14.3. The van der Waals surface area contributed by atoms with Gasteiger partial charge in [0, 0.05) is 23.9 Å². The molecule has 1 aliphatic carbocycles. The molecule has 0 saturated heterocycles. The minimum Gasteiger partial charge on any atom is -0.438 e. The van der Waals surface area contributed by atoms with Gasteiger partial charge >= 0.3 is 0 Å². The van der Waals surface area contributed by atoms with Crippen molar-refractivity contribution in [3.8, 4) is 5.75 Å². The molecule has 3 aromatic rings. The van der Waals surface area contributed by atoms with E-state index >= 15 is 0 Å². The summed E-state index contributed by atoms with van der Waals surface area (Å²) in [6.45, 7) is 2.84. The van der Waals surface area contributed by atoms with Crippen molar-refractivity contribution < 1.29 is 9.53 Å². The highest BCUT2D eigenvalue weighted by molar-refractivity contribution is 6.14. The molecule has 3 heteroatoms. The number of carbonyl (C=O) groups excluding carboxylic acids is 1. The number of fused-ring (bicyclic) bond motifs is 4. The molecule has 25 heavy (non-hydrogen) atoms. The number of hydrogen-bond donors (Lipinski definition) is 0. The van der Waals surface area contributed by atoms with Crippen LogP contribution in [0.25, 0.3) is 10.8 Å². The summed E-state index contributed by atoms with van der Waals surface area (Å²) in [4.78, 5) is 15.0. The molecule has 0 N–H and O–H groups in total. The second-order valence-corrected chi connectivity index (χ2v) is 6.43. The van der Waals surface area contributed by atoms with E-state index in [1.54, 1.807) is 0 Å². The van der Waals surface area contributed by atoms with E-state index in [2.05, 4.69) is 36.1 Å². The fourth-order valence-electron chi connectivity index (χ4n) is 3.85. The van der Waals surface area contributed by atoms with Gasteiger partial charge in [-0.1, -0.05) is 54.6 Å². The maximum atomic E-state index is 12.9. The van der Waals surface area contributed by atoms with Crippen molar-refractivity contribution in [2.24, 2.45) is 0 Å². The van der Waals surface area contributed by atoms with Crippen LogP contribution in [0.5, 0.6) is 5.75 Å². The van der Waals surface area contributed by atoms with Crippen LogP contribution >= 0.6 is 0 Å². The van der Waals surface area contributed by atoms with Gasteiger partial charge in [0.15, 0.2) is 11.5 Å². The number of anilines is 1. The van der Waals surface area contributed by atoms with Crippen LogP contribution in [0.15, 0.2) is 72.1 Å². The van der Waals surface area contributed by atoms with Crippen molar-refractivity contribution in [3.63, 3.8) is 0 Å². The fourth-order valence-corrected chi connectivity index (χ4v) is 3.85. The van der Waals surface area contributed by atoms with Crippen molar-refractivity contribution in [1.29, 1.82) is 0 Å². The molecule has 0 fully saturated rings. The number of ether oxygens (including phenoxy) is 1. The molecule has 1 aliphatic heterocycles. The van der Waals surface area contributed by atoms with E-state index in [4.69, 9.17) is 4.74 Å². The normalized spacial score (nSPS) is 18.4. The number of allylic oxidation sites excluding steroid dienone is 1. The van der Waals surface area contributed by atoms with Crippen molar-refractivity contribution in [3.05, 3.63) is 83.2 Å². The molecule has 122 valence electrons. The zero-order chi connectivity index (χ0) is 17.0. The predicted molar refractivity (Wildman–Crippen MR) is 99.1 cm³/mol. The minimum atomic E-state index is 0.0844. The number of Topliss-reactive ketones (excluding diaryl/α,β-unsaturated/α-hetero) is 1. The van der Waals surface area contributed by atoms with Gasteiger partial charge in [-0.15, -0.1) is 0 Å². The summed E-state index contributed by atoms with van der Waals surface area (Å²) in [5, 5.41) is 2.22. The second-order valence-electron chi connectivity index (χ2n) is 6.43. The van der Waals surface area contributed by atoms with Crippen LogP contribution in [0, 0.1) is 0 Å². The van der Waals surface area contributed by atoms with Crippen LogP contribution in [-0.2, 0) is 6.42 Å². The third-order valence-corrected chi connectivity index (χ3v) is 5.07. The maximum absolute atomic E-state index is 12.9. The molecule has 3 nitrogen and oxygen atoms in total. The highest BCUT2D eigenvalue weighted by Crippen LogP contribution is 2.46. The molecule has 0 bridgehead atoms. The van der Waals surface area contributed by atoms with E-state index in [-0.39, 0.29) is 5.78 Å². The zero-order valence-electron chi connectivity index (χ0n) is 14.0. The number of rotatable bonds is 1. The van der Waals surface area contributed by atoms with E-state index < -0.39 is 0 Å². The van der Waals surface area contributed by atoms with Crippen LogP contribution in [0.4, 0.5) is 5.69 Å². The second kappa shape index (κ2) is 5.21. The topological polar surface area (TPSA) is 29.5 Å². The summed E-state index contributed by atoms with van der Waals surface area (Å²) in [5.74, 6) is 1.63. The molecule has 0 aromatic heterocycles. The summed E-state index contributed by atoms with van der Waals surface area (Å²) in [6.07, 6.45) is 0.632. The smallest absolute Gasteiger partial charge is 0.208 e. The Balaban J connectivity index is 1.69. The number of ketones is 1. The molecule has 1 heterocycles. The Morgan fingerprint density at radius 2 is 1.80 bits per heavy atom. The monoisotopic (exact) mass is 327 g/mol. The van der Waals surface area contributed by atoms with E-state index in [0.29, 0.717) is 12.3 Å². The third-order valence-electron chi connectivity index (χ3n) is 5.07. The first-order valence-electron chi connectivity index (χ1n) is 8.61. The van der Waals surface area contributed by atoms with E-state index in [1.807, 2.05) is 36.4 Å². The molecule has 0 saturated carbocycles. The Bertz CT molecular complexity index is 1060. The quantitative estimate of drug-likeness (QED) is 0.606. The standard InChI is InChI=1S/C22H17NO2/c1-2-23-19-12-11-14-7-3-6-10-17(14)21(19)25-22(23)18-13-15-8-4-5-9-16(15)20(18)24/h3-12H,2,13H2,1H3. The van der Waals surface area contributed by atoms with Gasteiger partial charge < -0.3 is 9.64 Å². The highest BCUT2D eigenvalue weighted by atomic mass is 16.5. The maximum Gasteiger partial charge on any atom is 0.208 e. The Morgan fingerprint density at radius 1 is 1.00 bits per heavy atom. The highest BCUT2D eigenvalue weighted by Gasteiger charge is 2.35. The molecule has 0 atom stereocenters. The van der Waals surface area contributed by atoms with Crippen LogP contribution in [-0.4, -0.2) is 12.3 Å². The average Bonchev–Trinajstić information content (AvgIpc) is 3.19. The van der Waals surface area contributed by atoms with Gasteiger partial charge in [-0.05, 0) is 23.9 Å². The van der Waals surface area contributed by atoms with Crippen LogP contribution in [0.2, 0.25) is 0 Å². The molecule has 3 aromatic carbocycles. The van der Waals surface area contributed by atoms with Gasteiger partial charge in [-0.3, -0.25) is 4.79 Å². The SMILES string of the molecule is CCN1C(=C2Cc3ccccc3C2=O)Oc2c1ccc1ccccc21. The third kappa shape index (κ3) is 1.96. The Labute approximate surface area is 146 Å². The Hall–Kier alpha value is -3.07. The summed E-state index contributed by atoms with van der Waals surface area (Å²) >= 11 is 0. The molecule has 2 aliphatic rings. The minimum absolute atomic E-state index is 0.0844. The molecular weight excluding hydrogens is 310 g/mol. The molecule has 0 radical (unpaired) electrons. The van der Waals surface area contributed by atoms with E-state index in [0.717, 1.165) is 45.5 Å². The van der Waals surface area contributed by atoms with Gasteiger partial charge in [0.2, 0.25) is 5.88 Å². The number of hydrogen-bond acceptors (Lipinski definition) is 3. The first-order valence-corrected chi connectivity index (χ1v) is 8.61. The van der Waals surface area contributed by atoms with Crippen LogP contribution in [0.3, 0.4) is 0 Å². The molecule has 0 amide bonds. The lowest BCUT2D eigenvalue weighted by Crippen LogP contribution is -2.22. The largest absolute Gasteiger partial charge is 0.438 e. The molecule has 5 rings (SSSR count). The van der Waals surface area contributed by atoms with Gasteiger partial charge in [0.25, 0.3) is 0 Å². The zero-order valence-corrected chi connectivity index (χ0v) is 14.0. The van der Waals surface area contributed by atoms with Gasteiger partial charge in [0.05, 0.1) is 11.3 Å². The predicted octanol–water partition coefficient (Wildman–Crippen LogP) is 4.71.